The highest BCUT2D eigenvalue weighted by Crippen LogP contribution is 2.39. The highest BCUT2D eigenvalue weighted by Gasteiger charge is 2.31. The lowest BCUT2D eigenvalue weighted by molar-refractivity contribution is -0.122. The van der Waals surface area contributed by atoms with Crippen molar-refractivity contribution in [3.63, 3.8) is 0 Å². The van der Waals surface area contributed by atoms with E-state index in [1.807, 2.05) is 6.92 Å². The maximum Gasteiger partial charge on any atom is 0.220 e. The Labute approximate surface area is 92.8 Å². The minimum Gasteiger partial charge on any atom is -0.356 e. The lowest BCUT2D eigenvalue weighted by atomic mass is 9.70. The van der Waals surface area contributed by atoms with Gasteiger partial charge >= 0.3 is 0 Å². The first-order valence-corrected chi connectivity index (χ1v) is 6.04. The van der Waals surface area contributed by atoms with Crippen molar-refractivity contribution in [3.05, 3.63) is 0 Å². The molecule has 3 N–H and O–H groups in total. The van der Waals surface area contributed by atoms with E-state index in [4.69, 9.17) is 5.73 Å². The smallest absolute Gasteiger partial charge is 0.220 e. The summed E-state index contributed by atoms with van der Waals surface area (Å²) in [5, 5.41) is 3.02. The van der Waals surface area contributed by atoms with Crippen molar-refractivity contribution in [1.82, 2.24) is 5.32 Å². The third-order valence-corrected chi connectivity index (χ3v) is 3.34. The second kappa shape index (κ2) is 5.50. The molecule has 0 aliphatic heterocycles. The molecule has 15 heavy (non-hydrogen) atoms. The third-order valence-electron chi connectivity index (χ3n) is 3.34. The van der Waals surface area contributed by atoms with E-state index in [2.05, 4.69) is 12.2 Å². The normalized spacial score (nSPS) is 20.5. The van der Waals surface area contributed by atoms with Crippen LogP contribution in [0.1, 0.15) is 52.4 Å². The number of rotatable bonds is 6. The summed E-state index contributed by atoms with van der Waals surface area (Å²) in [6.07, 6.45) is 6.29. The molecule has 0 aromatic rings. The minimum atomic E-state index is 0.184. The second-order valence-corrected chi connectivity index (χ2v) is 5.31. The van der Waals surface area contributed by atoms with Gasteiger partial charge in [0.1, 0.15) is 0 Å². The summed E-state index contributed by atoms with van der Waals surface area (Å²) >= 11 is 0. The van der Waals surface area contributed by atoms with E-state index in [0.29, 0.717) is 11.8 Å². The molecule has 1 aliphatic carbocycles. The zero-order chi connectivity index (χ0) is 11.3. The maximum atomic E-state index is 11.5. The van der Waals surface area contributed by atoms with Crippen LogP contribution in [0, 0.1) is 5.41 Å². The summed E-state index contributed by atoms with van der Waals surface area (Å²) in [5.41, 5.74) is 6.01. The van der Waals surface area contributed by atoms with Crippen LogP contribution in [0.5, 0.6) is 0 Å². The predicted molar refractivity (Wildman–Crippen MR) is 62.5 cm³/mol. The number of carbonyl (C=O) groups is 1. The maximum absolute atomic E-state index is 11.5. The molecule has 0 spiro atoms. The molecule has 1 fully saturated rings. The van der Waals surface area contributed by atoms with Gasteiger partial charge in [0.25, 0.3) is 0 Å². The molecule has 1 rings (SSSR count). The van der Waals surface area contributed by atoms with Gasteiger partial charge in [0.15, 0.2) is 0 Å². The second-order valence-electron chi connectivity index (χ2n) is 5.31. The van der Waals surface area contributed by atoms with E-state index in [0.717, 1.165) is 19.4 Å². The van der Waals surface area contributed by atoms with E-state index in [-0.39, 0.29) is 11.9 Å². The fourth-order valence-electron chi connectivity index (χ4n) is 1.94. The van der Waals surface area contributed by atoms with E-state index >= 15 is 0 Å². The zero-order valence-electron chi connectivity index (χ0n) is 10.0. The Balaban J connectivity index is 2.03. The Morgan fingerprint density at radius 3 is 2.67 bits per heavy atom. The molecule has 3 nitrogen and oxygen atoms in total. The van der Waals surface area contributed by atoms with Crippen LogP contribution in [0.2, 0.25) is 0 Å². The molecular weight excluding hydrogens is 188 g/mol. The number of hydrogen-bond donors (Lipinski definition) is 2. The van der Waals surface area contributed by atoms with Gasteiger partial charge in [0.05, 0.1) is 0 Å². The van der Waals surface area contributed by atoms with Crippen molar-refractivity contribution in [1.29, 1.82) is 0 Å². The van der Waals surface area contributed by atoms with Gasteiger partial charge < -0.3 is 11.1 Å². The molecule has 0 aromatic carbocycles. The molecule has 88 valence electrons. The molecule has 1 atom stereocenters. The summed E-state index contributed by atoms with van der Waals surface area (Å²) in [6.45, 7) is 5.08. The Morgan fingerprint density at radius 2 is 2.20 bits per heavy atom. The molecule has 0 radical (unpaired) electrons. The predicted octanol–water partition coefficient (Wildman–Crippen LogP) is 1.81. The van der Waals surface area contributed by atoms with Crippen LogP contribution in [0.3, 0.4) is 0 Å². The van der Waals surface area contributed by atoms with Gasteiger partial charge in [0.2, 0.25) is 5.91 Å². The van der Waals surface area contributed by atoms with Crippen LogP contribution >= 0.6 is 0 Å². The molecule has 1 saturated carbocycles. The van der Waals surface area contributed by atoms with E-state index in [1.54, 1.807) is 0 Å². The van der Waals surface area contributed by atoms with Crippen LogP contribution < -0.4 is 11.1 Å². The molecule has 0 aromatic heterocycles. The quantitative estimate of drug-likeness (QED) is 0.705. The molecule has 0 saturated heterocycles. The molecule has 1 amide bonds. The summed E-state index contributed by atoms with van der Waals surface area (Å²) in [5.74, 6) is 0.184. The number of carbonyl (C=O) groups excluding carboxylic acids is 1. The van der Waals surface area contributed by atoms with Crippen molar-refractivity contribution in [3.8, 4) is 0 Å². The van der Waals surface area contributed by atoms with Crippen molar-refractivity contribution >= 4 is 5.91 Å². The summed E-state index contributed by atoms with van der Waals surface area (Å²) < 4.78 is 0. The summed E-state index contributed by atoms with van der Waals surface area (Å²) in [7, 11) is 0. The topological polar surface area (TPSA) is 55.1 Å². The van der Waals surface area contributed by atoms with Gasteiger partial charge in [-0.1, -0.05) is 13.3 Å². The number of nitrogens with two attached hydrogens (primary N) is 1. The molecule has 0 bridgehead atoms. The first kappa shape index (κ1) is 12.5. The van der Waals surface area contributed by atoms with Crippen LogP contribution in [-0.2, 0) is 4.79 Å². The van der Waals surface area contributed by atoms with Gasteiger partial charge in [-0.25, -0.2) is 0 Å². The molecule has 3 heteroatoms. The number of amides is 1. The Hall–Kier alpha value is -0.570. The fourth-order valence-corrected chi connectivity index (χ4v) is 1.94. The minimum absolute atomic E-state index is 0.184. The van der Waals surface area contributed by atoms with Gasteiger partial charge in [-0.3, -0.25) is 4.79 Å². The Morgan fingerprint density at radius 1 is 1.53 bits per heavy atom. The SMILES string of the molecule is CC(N)CCCC(=O)NCC1(C)CCC1. The molecular formula is C12H24N2O. The molecule has 1 unspecified atom stereocenters. The van der Waals surface area contributed by atoms with Gasteiger partial charge in [-0.05, 0) is 38.0 Å². The highest BCUT2D eigenvalue weighted by atomic mass is 16.1. The first-order valence-electron chi connectivity index (χ1n) is 6.04. The van der Waals surface area contributed by atoms with E-state index < -0.39 is 0 Å². The van der Waals surface area contributed by atoms with Crippen molar-refractivity contribution in [2.45, 2.75) is 58.4 Å². The average Bonchev–Trinajstić information content (AvgIpc) is 2.11. The Kier molecular flexibility index (Phi) is 4.58. The van der Waals surface area contributed by atoms with Crippen molar-refractivity contribution < 1.29 is 4.79 Å². The highest BCUT2D eigenvalue weighted by molar-refractivity contribution is 5.75. The van der Waals surface area contributed by atoms with E-state index in [9.17, 15) is 4.79 Å². The number of hydrogen-bond acceptors (Lipinski definition) is 2. The average molecular weight is 212 g/mol. The molecule has 1 aliphatic rings. The Bertz CT molecular complexity index is 210. The lowest BCUT2D eigenvalue weighted by Gasteiger charge is -2.38. The standard InChI is InChI=1S/C12H24N2O/c1-10(13)5-3-6-11(15)14-9-12(2)7-4-8-12/h10H,3-9,13H2,1-2H3,(H,14,15). The van der Waals surface area contributed by atoms with Crippen LogP contribution in [-0.4, -0.2) is 18.5 Å². The zero-order valence-corrected chi connectivity index (χ0v) is 10.0. The van der Waals surface area contributed by atoms with Gasteiger partial charge in [-0.15, -0.1) is 0 Å². The fraction of sp³-hybridized carbons (Fsp3) is 0.917. The van der Waals surface area contributed by atoms with Crippen LogP contribution in [0.25, 0.3) is 0 Å². The summed E-state index contributed by atoms with van der Waals surface area (Å²) in [6, 6.07) is 0.210. The van der Waals surface area contributed by atoms with Gasteiger partial charge in [-0.2, -0.15) is 0 Å². The van der Waals surface area contributed by atoms with Gasteiger partial charge in [0, 0.05) is 19.0 Å². The van der Waals surface area contributed by atoms with Crippen molar-refractivity contribution in [2.24, 2.45) is 11.1 Å². The largest absolute Gasteiger partial charge is 0.356 e. The monoisotopic (exact) mass is 212 g/mol. The van der Waals surface area contributed by atoms with Crippen LogP contribution in [0.15, 0.2) is 0 Å². The van der Waals surface area contributed by atoms with Crippen LogP contribution in [0.4, 0.5) is 0 Å². The summed E-state index contributed by atoms with van der Waals surface area (Å²) in [4.78, 5) is 11.5. The van der Waals surface area contributed by atoms with E-state index in [1.165, 1.54) is 19.3 Å². The molecule has 0 heterocycles. The third kappa shape index (κ3) is 4.65. The number of nitrogens with one attached hydrogen (secondary N) is 1. The first-order chi connectivity index (χ1) is 7.02. The lowest BCUT2D eigenvalue weighted by Crippen LogP contribution is -2.39. The van der Waals surface area contributed by atoms with Crippen molar-refractivity contribution in [2.75, 3.05) is 6.54 Å².